The van der Waals surface area contributed by atoms with Gasteiger partial charge in [0.25, 0.3) is 0 Å². The van der Waals surface area contributed by atoms with E-state index < -0.39 is 36.6 Å². The molecule has 17 heteroatoms. The van der Waals surface area contributed by atoms with Crippen LogP contribution in [0.1, 0.15) is 78.6 Å². The van der Waals surface area contributed by atoms with Gasteiger partial charge in [0.1, 0.15) is 0 Å². The summed E-state index contributed by atoms with van der Waals surface area (Å²) in [7, 11) is 6.78. The van der Waals surface area contributed by atoms with E-state index in [2.05, 4.69) is 20.8 Å². The van der Waals surface area contributed by atoms with Crippen molar-refractivity contribution in [3.63, 3.8) is 0 Å². The molecule has 4 aliphatic carbocycles. The number of rotatable bonds is 28. The van der Waals surface area contributed by atoms with E-state index in [0.717, 1.165) is 44.9 Å². The molecule has 0 amide bonds. The van der Waals surface area contributed by atoms with Crippen molar-refractivity contribution in [2.24, 2.45) is 46.3 Å². The van der Waals surface area contributed by atoms with Crippen molar-refractivity contribution in [2.75, 3.05) is 107 Å². The van der Waals surface area contributed by atoms with Gasteiger partial charge >= 0.3 is 5.97 Å². The predicted octanol–water partition coefficient (Wildman–Crippen LogP) is -0.452. The Labute approximate surface area is 376 Å². The van der Waals surface area contributed by atoms with Gasteiger partial charge in [0, 0.05) is 51.1 Å². The Kier molecular flexibility index (Phi) is 21.9. The molecular weight excluding hydrogens is 819 g/mol. The monoisotopic (exact) mass is 906 g/mol. The van der Waals surface area contributed by atoms with E-state index in [4.69, 9.17) is 18.9 Å². The number of aliphatic hydroxyl groups is 9. The lowest BCUT2D eigenvalue weighted by Gasteiger charge is -2.65. The van der Waals surface area contributed by atoms with E-state index in [0.29, 0.717) is 19.4 Å². The molecule has 4 rings (SSSR count). The molecule has 9 N–H and O–H groups in total. The van der Waals surface area contributed by atoms with Gasteiger partial charge in [-0.1, -0.05) is 20.8 Å². The fraction of sp³-hybridized carbons (Fsp3) is 0.978. The Morgan fingerprint density at radius 2 is 1.14 bits per heavy atom. The summed E-state index contributed by atoms with van der Waals surface area (Å²) in [5.74, 6) is 0.922. The van der Waals surface area contributed by atoms with Crippen LogP contribution in [0.25, 0.3) is 0 Å². The highest BCUT2D eigenvalue weighted by atomic mass is 16.5. The molecule has 0 aliphatic heterocycles. The summed E-state index contributed by atoms with van der Waals surface area (Å²) in [5, 5.41) is 91.3. The average molecular weight is 906 g/mol. The zero-order valence-corrected chi connectivity index (χ0v) is 39.4. The van der Waals surface area contributed by atoms with Crippen LogP contribution in [0.5, 0.6) is 0 Å². The number of hydrogen-bond acceptors (Lipinski definition) is 17. The lowest BCUT2D eigenvalue weighted by atomic mass is 9.43. The molecule has 0 spiro atoms. The fourth-order valence-corrected chi connectivity index (χ4v) is 12.7. The van der Waals surface area contributed by atoms with Crippen LogP contribution in [0.15, 0.2) is 0 Å². The second-order valence-corrected chi connectivity index (χ2v) is 20.7. The molecule has 4 saturated carbocycles. The van der Waals surface area contributed by atoms with Crippen LogP contribution >= 0.6 is 0 Å². The first-order valence-electron chi connectivity index (χ1n) is 23.7. The number of ether oxygens (including phenoxy) is 4. The minimum Gasteiger partial charge on any atom is -0.469 e. The van der Waals surface area contributed by atoms with Gasteiger partial charge in [-0.05, 0) is 113 Å². The molecule has 0 saturated heterocycles. The smallest absolute Gasteiger partial charge is 0.305 e. The van der Waals surface area contributed by atoms with Crippen molar-refractivity contribution < 1.29 is 69.7 Å². The number of hydrogen-bond donors (Lipinski definition) is 9. The van der Waals surface area contributed by atoms with Crippen LogP contribution in [-0.4, -0.2) is 229 Å². The van der Waals surface area contributed by atoms with Crippen molar-refractivity contribution in [2.45, 2.75) is 133 Å². The summed E-state index contributed by atoms with van der Waals surface area (Å²) in [5.41, 5.74) is -0.421. The molecular formula is C46H87N3O14. The first-order valence-corrected chi connectivity index (χ1v) is 23.7. The van der Waals surface area contributed by atoms with Crippen LogP contribution in [0.4, 0.5) is 0 Å². The molecule has 0 aromatic heterocycles. The van der Waals surface area contributed by atoms with Crippen LogP contribution in [0, 0.1) is 46.3 Å². The number of likely N-dealkylation sites (N-methyl/N-ethyl adjacent to an activating group) is 3. The molecule has 6 unspecified atom stereocenters. The van der Waals surface area contributed by atoms with Crippen molar-refractivity contribution in [1.82, 2.24) is 14.7 Å². The van der Waals surface area contributed by atoms with Crippen LogP contribution < -0.4 is 0 Å². The summed E-state index contributed by atoms with van der Waals surface area (Å²) in [4.78, 5) is 17.7. The maximum Gasteiger partial charge on any atom is 0.305 e. The van der Waals surface area contributed by atoms with Crippen LogP contribution in [0.2, 0.25) is 0 Å². The van der Waals surface area contributed by atoms with Crippen LogP contribution in [0.3, 0.4) is 0 Å². The third-order valence-electron chi connectivity index (χ3n) is 15.8. The van der Waals surface area contributed by atoms with E-state index in [-0.39, 0.29) is 143 Å². The summed E-state index contributed by atoms with van der Waals surface area (Å²) >= 11 is 0. The first kappa shape index (κ1) is 54.5. The standard InChI is InChI=1S/C46H87N3O14/c1-29(8-11-43(59)60-7)38-9-10-39-44-40(16-42(46(38,39)3)63-28-36(58)22-49(6)19-33(55)25-52)45(2)13-12-37(61-26-34(56)20-47(4)17-31(53)23-50)14-30(45)15-41(44)62-27-35(57)21-48(5)18-32(54)24-51/h29-42,44,50-58H,8-28H2,1-7H3/t29-,30+,31?,32?,33?,34?,35?,36?,37-,38-,39+,40+,41-,42+,44+,45+,46-/m1/s1. The zero-order valence-electron chi connectivity index (χ0n) is 39.4. The second-order valence-electron chi connectivity index (χ2n) is 20.7. The average Bonchev–Trinajstić information content (AvgIpc) is 3.60. The van der Waals surface area contributed by atoms with Gasteiger partial charge < -0.3 is 79.6 Å². The van der Waals surface area contributed by atoms with E-state index in [1.165, 1.54) is 7.11 Å². The van der Waals surface area contributed by atoms with E-state index in [1.807, 2.05) is 0 Å². The first-order chi connectivity index (χ1) is 29.8. The summed E-state index contributed by atoms with van der Waals surface area (Å²) in [6.45, 7) is 7.74. The molecule has 370 valence electrons. The van der Waals surface area contributed by atoms with Gasteiger partial charge in [-0.15, -0.1) is 0 Å². The molecule has 0 aromatic rings. The van der Waals surface area contributed by atoms with Crippen LogP contribution in [-0.2, 0) is 23.7 Å². The Hall–Kier alpha value is -1.13. The normalized spacial score (nSPS) is 34.2. The Morgan fingerprint density at radius 1 is 0.651 bits per heavy atom. The highest BCUT2D eigenvalue weighted by Crippen LogP contribution is 2.69. The SMILES string of the molecule is COC(=O)CC[C@@H](C)[C@H]1CC[C@H]2[C@@H]3[C@H](OCC(O)CN(C)CC(O)CO)C[C@@H]4C[C@H](OCC(O)CN(C)CC(O)CO)CC[C@]4(C)[C@H]3C[C@H](OCC(O)CN(C)CC(O)CO)[C@]12C. The van der Waals surface area contributed by atoms with Crippen molar-refractivity contribution in [1.29, 1.82) is 0 Å². The summed E-state index contributed by atoms with van der Waals surface area (Å²) < 4.78 is 25.3. The molecule has 4 fully saturated rings. The van der Waals surface area contributed by atoms with E-state index in [9.17, 15) is 50.8 Å². The minimum atomic E-state index is -0.913. The van der Waals surface area contributed by atoms with E-state index in [1.54, 1.807) is 35.8 Å². The highest BCUT2D eigenvalue weighted by molar-refractivity contribution is 5.69. The molecule has 0 radical (unpaired) electrons. The molecule has 63 heavy (non-hydrogen) atoms. The van der Waals surface area contributed by atoms with E-state index >= 15 is 0 Å². The fourth-order valence-electron chi connectivity index (χ4n) is 12.7. The number of carbonyl (C=O) groups excluding carboxylic acids is 1. The second kappa shape index (κ2) is 25.3. The Bertz CT molecular complexity index is 1340. The maximum absolute atomic E-state index is 12.3. The number of nitrogens with zero attached hydrogens (tertiary/aromatic N) is 3. The van der Waals surface area contributed by atoms with Gasteiger partial charge in [0.15, 0.2) is 0 Å². The van der Waals surface area contributed by atoms with Gasteiger partial charge in [0.2, 0.25) is 0 Å². The number of methoxy groups -OCH3 is 1. The Balaban J connectivity index is 1.62. The van der Waals surface area contributed by atoms with Gasteiger partial charge in [-0.3, -0.25) is 4.79 Å². The number of fused-ring (bicyclic) bond motifs is 5. The molecule has 4 aliphatic rings. The largest absolute Gasteiger partial charge is 0.469 e. The number of carbonyl (C=O) groups is 1. The van der Waals surface area contributed by atoms with Crippen molar-refractivity contribution in [3.8, 4) is 0 Å². The number of esters is 1. The summed E-state index contributed by atoms with van der Waals surface area (Å²) in [6, 6.07) is 0. The lowest BCUT2D eigenvalue weighted by Crippen LogP contribution is -2.63. The lowest BCUT2D eigenvalue weighted by molar-refractivity contribution is -0.234. The molecule has 0 aromatic carbocycles. The Morgan fingerprint density at radius 3 is 1.65 bits per heavy atom. The van der Waals surface area contributed by atoms with Crippen molar-refractivity contribution >= 4 is 5.97 Å². The molecule has 17 atom stereocenters. The van der Waals surface area contributed by atoms with Gasteiger partial charge in [-0.25, -0.2) is 0 Å². The maximum atomic E-state index is 12.3. The molecule has 0 bridgehead atoms. The minimum absolute atomic E-state index is 0.0793. The number of aliphatic hydroxyl groups excluding tert-OH is 9. The van der Waals surface area contributed by atoms with Crippen molar-refractivity contribution in [3.05, 3.63) is 0 Å². The zero-order chi connectivity index (χ0) is 46.6. The molecule has 0 heterocycles. The van der Waals surface area contributed by atoms with Gasteiger partial charge in [0.05, 0.1) is 102 Å². The third-order valence-corrected chi connectivity index (χ3v) is 15.8. The topological polar surface area (TPSA) is 246 Å². The third kappa shape index (κ3) is 14.7. The highest BCUT2D eigenvalue weighted by Gasteiger charge is 2.66. The van der Waals surface area contributed by atoms with Gasteiger partial charge in [-0.2, -0.15) is 0 Å². The molecule has 17 nitrogen and oxygen atoms in total. The predicted molar refractivity (Wildman–Crippen MR) is 235 cm³/mol. The summed E-state index contributed by atoms with van der Waals surface area (Å²) in [6.07, 6.45) is 1.34. The quantitative estimate of drug-likeness (QED) is 0.0452.